The van der Waals surface area contributed by atoms with E-state index in [0.717, 1.165) is 35.4 Å². The van der Waals surface area contributed by atoms with Crippen LogP contribution in [0.15, 0.2) is 30.3 Å². The second-order valence-corrected chi connectivity index (χ2v) is 5.94. The van der Waals surface area contributed by atoms with E-state index in [-0.39, 0.29) is 0 Å². The molecule has 4 heteroatoms. The highest BCUT2D eigenvalue weighted by Gasteiger charge is 2.21. The number of hydrogen-bond donors (Lipinski definition) is 0. The van der Waals surface area contributed by atoms with Crippen LogP contribution in [0.4, 0.5) is 0 Å². The Labute approximate surface area is 135 Å². The Hall–Kier alpha value is -2.05. The third kappa shape index (κ3) is 2.80. The summed E-state index contributed by atoms with van der Waals surface area (Å²) >= 11 is 6.26. The van der Waals surface area contributed by atoms with Crippen LogP contribution in [0.1, 0.15) is 42.9 Å². The van der Waals surface area contributed by atoms with Crippen LogP contribution in [0, 0.1) is 11.3 Å². The molecule has 2 aromatic rings. The average molecular weight is 313 g/mol. The van der Waals surface area contributed by atoms with Crippen LogP contribution in [0.5, 0.6) is 5.75 Å². The summed E-state index contributed by atoms with van der Waals surface area (Å²) in [7, 11) is 1.64. The minimum absolute atomic E-state index is 0.303. The smallest absolute Gasteiger partial charge is 0.147 e. The molecule has 1 aliphatic carbocycles. The molecule has 0 bridgehead atoms. The Kier molecular flexibility index (Phi) is 4.31. The molecule has 0 amide bonds. The van der Waals surface area contributed by atoms with Crippen molar-refractivity contribution in [3.63, 3.8) is 0 Å². The lowest BCUT2D eigenvalue weighted by molar-refractivity contribution is 0.415. The molecule has 0 radical (unpaired) electrons. The van der Waals surface area contributed by atoms with Gasteiger partial charge in [0.25, 0.3) is 0 Å². The maximum absolute atomic E-state index is 9.42. The molecule has 1 aliphatic rings. The molecule has 1 saturated carbocycles. The van der Waals surface area contributed by atoms with Crippen LogP contribution in [-0.2, 0) is 0 Å². The van der Waals surface area contributed by atoms with Gasteiger partial charge in [0.2, 0.25) is 0 Å². The third-order valence-corrected chi connectivity index (χ3v) is 4.55. The number of aromatic nitrogens is 1. The summed E-state index contributed by atoms with van der Waals surface area (Å²) in [5, 5.41) is 9.72. The fourth-order valence-electron chi connectivity index (χ4n) is 3.07. The lowest BCUT2D eigenvalue weighted by atomic mass is 9.96. The van der Waals surface area contributed by atoms with E-state index in [1.165, 1.54) is 12.8 Å². The quantitative estimate of drug-likeness (QED) is 0.754. The molecule has 22 heavy (non-hydrogen) atoms. The fraction of sp³-hybridized carbons (Fsp3) is 0.333. The fourth-order valence-corrected chi connectivity index (χ4v) is 3.31. The van der Waals surface area contributed by atoms with Gasteiger partial charge >= 0.3 is 0 Å². The molecule has 3 nitrogen and oxygen atoms in total. The van der Waals surface area contributed by atoms with E-state index in [0.29, 0.717) is 16.6 Å². The number of nitrogens with zero attached hydrogens (tertiary/aromatic N) is 2. The zero-order valence-corrected chi connectivity index (χ0v) is 13.2. The maximum atomic E-state index is 9.42. The predicted molar refractivity (Wildman–Crippen MR) is 87.2 cm³/mol. The lowest BCUT2D eigenvalue weighted by Crippen LogP contribution is -2.00. The molecule has 3 rings (SSSR count). The number of ether oxygens (including phenoxy) is 1. The zero-order valence-electron chi connectivity index (χ0n) is 12.5. The largest absolute Gasteiger partial charge is 0.497 e. The van der Waals surface area contributed by atoms with Gasteiger partial charge in [0.15, 0.2) is 0 Å². The van der Waals surface area contributed by atoms with Gasteiger partial charge in [0, 0.05) is 17.2 Å². The number of nitriles is 1. The highest BCUT2D eigenvalue weighted by molar-refractivity contribution is 6.31. The van der Waals surface area contributed by atoms with Crippen molar-refractivity contribution < 1.29 is 4.74 Å². The zero-order chi connectivity index (χ0) is 15.5. The molecular weight excluding hydrogens is 296 g/mol. The summed E-state index contributed by atoms with van der Waals surface area (Å²) in [4.78, 5) is 4.46. The Morgan fingerprint density at radius 1 is 1.23 bits per heavy atom. The minimum atomic E-state index is 0.303. The van der Waals surface area contributed by atoms with E-state index in [2.05, 4.69) is 11.1 Å². The number of benzene rings is 1. The van der Waals surface area contributed by atoms with Crippen molar-refractivity contribution in [2.45, 2.75) is 31.6 Å². The first-order chi connectivity index (χ1) is 10.7. The number of halogens is 1. The summed E-state index contributed by atoms with van der Waals surface area (Å²) in [5.41, 5.74) is 3.26. The SMILES string of the molecule is COc1ccc(-c2cc(C3CCCC3)nc(Cl)c2C#N)cc1. The van der Waals surface area contributed by atoms with Crippen molar-refractivity contribution in [2.75, 3.05) is 7.11 Å². The highest BCUT2D eigenvalue weighted by Crippen LogP contribution is 2.37. The van der Waals surface area contributed by atoms with Crippen LogP contribution < -0.4 is 4.74 Å². The molecule has 0 spiro atoms. The van der Waals surface area contributed by atoms with Gasteiger partial charge in [-0.25, -0.2) is 4.98 Å². The van der Waals surface area contributed by atoms with Crippen molar-refractivity contribution in [1.82, 2.24) is 4.98 Å². The van der Waals surface area contributed by atoms with Gasteiger partial charge in [0.05, 0.1) is 12.7 Å². The lowest BCUT2D eigenvalue weighted by Gasteiger charge is -2.13. The summed E-state index contributed by atoms with van der Waals surface area (Å²) in [6, 6.07) is 11.9. The van der Waals surface area contributed by atoms with Gasteiger partial charge in [-0.3, -0.25) is 0 Å². The van der Waals surface area contributed by atoms with Gasteiger partial charge in [-0.05, 0) is 36.6 Å². The molecule has 0 atom stereocenters. The van der Waals surface area contributed by atoms with Gasteiger partial charge in [0.1, 0.15) is 17.0 Å². The van der Waals surface area contributed by atoms with Gasteiger partial charge in [-0.2, -0.15) is 5.26 Å². The molecule has 0 N–H and O–H groups in total. The van der Waals surface area contributed by atoms with Crippen molar-refractivity contribution in [3.8, 4) is 22.9 Å². The van der Waals surface area contributed by atoms with E-state index in [4.69, 9.17) is 16.3 Å². The van der Waals surface area contributed by atoms with Gasteiger partial charge in [-0.1, -0.05) is 36.6 Å². The normalized spacial score (nSPS) is 14.8. The van der Waals surface area contributed by atoms with E-state index in [1.807, 2.05) is 30.3 Å². The molecule has 1 aromatic carbocycles. The van der Waals surface area contributed by atoms with E-state index in [1.54, 1.807) is 7.11 Å². The summed E-state index contributed by atoms with van der Waals surface area (Å²) in [6.45, 7) is 0. The molecule has 0 unspecified atom stereocenters. The molecule has 1 heterocycles. The number of methoxy groups -OCH3 is 1. The molecular formula is C18H17ClN2O. The molecule has 0 aliphatic heterocycles. The standard InChI is InChI=1S/C18H17ClN2O/c1-22-14-8-6-12(7-9-14)15-10-17(13-4-2-3-5-13)21-18(19)16(15)11-20/h6-10,13H,2-5H2,1H3. The van der Waals surface area contributed by atoms with Crippen LogP contribution in [0.2, 0.25) is 5.15 Å². The predicted octanol–water partition coefficient (Wildman–Crippen LogP) is 4.94. The van der Waals surface area contributed by atoms with Crippen molar-refractivity contribution in [3.05, 3.63) is 46.7 Å². The first kappa shape index (κ1) is 14.9. The Morgan fingerprint density at radius 3 is 2.50 bits per heavy atom. The molecule has 1 fully saturated rings. The van der Waals surface area contributed by atoms with E-state index >= 15 is 0 Å². The first-order valence-corrected chi connectivity index (χ1v) is 7.85. The van der Waals surface area contributed by atoms with Crippen LogP contribution >= 0.6 is 11.6 Å². The van der Waals surface area contributed by atoms with Crippen molar-refractivity contribution in [1.29, 1.82) is 5.26 Å². The van der Waals surface area contributed by atoms with E-state index < -0.39 is 0 Å². The summed E-state index contributed by atoms with van der Waals surface area (Å²) in [5.74, 6) is 1.25. The average Bonchev–Trinajstić information content (AvgIpc) is 3.08. The molecule has 112 valence electrons. The number of hydrogen-bond acceptors (Lipinski definition) is 3. The minimum Gasteiger partial charge on any atom is -0.497 e. The Morgan fingerprint density at radius 2 is 1.91 bits per heavy atom. The Balaban J connectivity index is 2.09. The van der Waals surface area contributed by atoms with Gasteiger partial charge in [-0.15, -0.1) is 0 Å². The maximum Gasteiger partial charge on any atom is 0.147 e. The molecule has 0 saturated heterocycles. The van der Waals surface area contributed by atoms with Crippen LogP contribution in [0.3, 0.4) is 0 Å². The summed E-state index contributed by atoms with van der Waals surface area (Å²) in [6.07, 6.45) is 4.78. The number of rotatable bonds is 3. The van der Waals surface area contributed by atoms with Crippen molar-refractivity contribution >= 4 is 11.6 Å². The topological polar surface area (TPSA) is 45.9 Å². The third-order valence-electron chi connectivity index (χ3n) is 4.28. The van der Waals surface area contributed by atoms with Crippen molar-refractivity contribution in [2.24, 2.45) is 0 Å². The highest BCUT2D eigenvalue weighted by atomic mass is 35.5. The van der Waals surface area contributed by atoms with E-state index in [9.17, 15) is 5.26 Å². The molecule has 1 aromatic heterocycles. The van der Waals surface area contributed by atoms with Crippen LogP contribution in [0.25, 0.3) is 11.1 Å². The monoisotopic (exact) mass is 312 g/mol. The second kappa shape index (κ2) is 6.37. The first-order valence-electron chi connectivity index (χ1n) is 7.48. The van der Waals surface area contributed by atoms with Crippen LogP contribution in [-0.4, -0.2) is 12.1 Å². The van der Waals surface area contributed by atoms with Gasteiger partial charge < -0.3 is 4.74 Å². The second-order valence-electron chi connectivity index (χ2n) is 5.58. The summed E-state index contributed by atoms with van der Waals surface area (Å²) < 4.78 is 5.19. The number of pyridine rings is 1. The Bertz CT molecular complexity index is 713.